The number of carbonyl (C=O) groups is 2. The van der Waals surface area contributed by atoms with E-state index in [1.165, 1.54) is 0 Å². The zero-order chi connectivity index (χ0) is 15.8. The van der Waals surface area contributed by atoms with Gasteiger partial charge in [0.15, 0.2) is 0 Å². The molecular weight excluding hydrogens is 270 g/mol. The quantitative estimate of drug-likeness (QED) is 0.682. The Morgan fingerprint density at radius 2 is 1.90 bits per heavy atom. The molecule has 0 aliphatic rings. The number of hydrogen-bond acceptors (Lipinski definition) is 3. The minimum Gasteiger partial charge on any atom is -0.478 e. The van der Waals surface area contributed by atoms with Crippen LogP contribution in [-0.4, -0.2) is 34.7 Å². The molecule has 21 heavy (non-hydrogen) atoms. The van der Waals surface area contributed by atoms with Crippen LogP contribution in [-0.2, 0) is 11.2 Å². The smallest absolute Gasteiger partial charge is 0.335 e. The number of carboxylic acid groups (broad SMARTS) is 1. The number of benzene rings is 1. The first-order valence-electron chi connectivity index (χ1n) is 7.16. The van der Waals surface area contributed by atoms with Gasteiger partial charge in [-0.25, -0.2) is 4.79 Å². The van der Waals surface area contributed by atoms with E-state index in [4.69, 9.17) is 5.11 Å². The molecule has 1 aromatic rings. The van der Waals surface area contributed by atoms with Gasteiger partial charge in [-0.3, -0.25) is 4.79 Å². The summed E-state index contributed by atoms with van der Waals surface area (Å²) >= 11 is 0. The van der Waals surface area contributed by atoms with Crippen molar-refractivity contribution in [1.82, 2.24) is 5.32 Å². The maximum Gasteiger partial charge on any atom is 0.335 e. The number of carbonyl (C=O) groups excluding carboxylic acids is 1. The fraction of sp³-hybridized carbons (Fsp3) is 0.500. The normalized spacial score (nSPS) is 13.5. The van der Waals surface area contributed by atoms with Crippen LogP contribution in [0.4, 0.5) is 0 Å². The summed E-state index contributed by atoms with van der Waals surface area (Å²) in [4.78, 5) is 22.8. The summed E-state index contributed by atoms with van der Waals surface area (Å²) in [5.41, 5.74) is 0.907. The van der Waals surface area contributed by atoms with Crippen LogP contribution in [0.25, 0.3) is 0 Å². The van der Waals surface area contributed by atoms with Crippen LogP contribution in [0.3, 0.4) is 0 Å². The lowest BCUT2D eigenvalue weighted by Gasteiger charge is -2.14. The molecule has 2 atom stereocenters. The van der Waals surface area contributed by atoms with Gasteiger partial charge in [0, 0.05) is 13.0 Å². The molecule has 1 amide bonds. The van der Waals surface area contributed by atoms with Crippen LogP contribution in [0.15, 0.2) is 24.3 Å². The summed E-state index contributed by atoms with van der Waals surface area (Å²) < 4.78 is 0. The fourth-order valence-electron chi connectivity index (χ4n) is 2.24. The van der Waals surface area contributed by atoms with Gasteiger partial charge in [-0.1, -0.05) is 25.1 Å². The summed E-state index contributed by atoms with van der Waals surface area (Å²) in [6.07, 6.45) is 0.923. The Kier molecular flexibility index (Phi) is 6.88. The zero-order valence-corrected chi connectivity index (χ0v) is 12.5. The van der Waals surface area contributed by atoms with Crippen LogP contribution in [0, 0.1) is 5.92 Å². The fourth-order valence-corrected chi connectivity index (χ4v) is 2.24. The number of aliphatic hydroxyl groups is 1. The highest BCUT2D eigenvalue weighted by Crippen LogP contribution is 2.11. The molecule has 116 valence electrons. The minimum atomic E-state index is -0.975. The Labute approximate surface area is 125 Å². The molecule has 5 nitrogen and oxygen atoms in total. The molecule has 0 spiro atoms. The second kappa shape index (κ2) is 8.42. The largest absolute Gasteiger partial charge is 0.478 e. The van der Waals surface area contributed by atoms with Gasteiger partial charge in [-0.05, 0) is 37.3 Å². The molecule has 5 heteroatoms. The molecule has 0 bridgehead atoms. The van der Waals surface area contributed by atoms with E-state index in [9.17, 15) is 14.7 Å². The maximum atomic E-state index is 11.8. The Morgan fingerprint density at radius 1 is 1.24 bits per heavy atom. The standard InChI is InChI=1S/C16H23NO4/c1-11(9-12(2)18)10-17-15(19)8-7-13-5-3-4-6-14(13)16(20)21/h3-6,11-12,18H,7-10H2,1-2H3,(H,17,19)(H,20,21). The zero-order valence-electron chi connectivity index (χ0n) is 12.5. The van der Waals surface area contributed by atoms with Crippen LogP contribution in [0.2, 0.25) is 0 Å². The van der Waals surface area contributed by atoms with Crippen LogP contribution >= 0.6 is 0 Å². The van der Waals surface area contributed by atoms with E-state index in [2.05, 4.69) is 5.32 Å². The number of nitrogens with one attached hydrogen (secondary N) is 1. The molecule has 0 fully saturated rings. The summed E-state index contributed by atoms with van der Waals surface area (Å²) in [6.45, 7) is 4.21. The number of carboxylic acids is 1. The average molecular weight is 293 g/mol. The molecule has 0 aliphatic heterocycles. The van der Waals surface area contributed by atoms with Gasteiger partial charge in [0.1, 0.15) is 0 Å². The Morgan fingerprint density at radius 3 is 2.52 bits per heavy atom. The highest BCUT2D eigenvalue weighted by molar-refractivity contribution is 5.89. The number of hydrogen-bond donors (Lipinski definition) is 3. The van der Waals surface area contributed by atoms with Gasteiger partial charge < -0.3 is 15.5 Å². The molecule has 0 heterocycles. The second-order valence-corrected chi connectivity index (χ2v) is 5.46. The molecular formula is C16H23NO4. The summed E-state index contributed by atoms with van der Waals surface area (Å²) in [6, 6.07) is 6.71. The minimum absolute atomic E-state index is 0.104. The van der Waals surface area contributed by atoms with E-state index >= 15 is 0 Å². The van der Waals surface area contributed by atoms with Gasteiger partial charge in [0.2, 0.25) is 5.91 Å². The van der Waals surface area contributed by atoms with E-state index in [1.54, 1.807) is 31.2 Å². The molecule has 2 unspecified atom stereocenters. The van der Waals surface area contributed by atoms with Crippen molar-refractivity contribution < 1.29 is 19.8 Å². The molecule has 0 aliphatic carbocycles. The van der Waals surface area contributed by atoms with Gasteiger partial charge >= 0.3 is 5.97 Å². The predicted octanol–water partition coefficient (Wildman–Crippen LogP) is 1.84. The van der Waals surface area contributed by atoms with E-state index in [1.807, 2.05) is 6.92 Å². The number of aliphatic hydroxyl groups excluding tert-OH is 1. The van der Waals surface area contributed by atoms with Crippen molar-refractivity contribution in [2.24, 2.45) is 5.92 Å². The monoisotopic (exact) mass is 293 g/mol. The van der Waals surface area contributed by atoms with E-state index in [0.29, 0.717) is 24.9 Å². The first-order valence-corrected chi connectivity index (χ1v) is 7.16. The lowest BCUT2D eigenvalue weighted by Crippen LogP contribution is -2.29. The molecule has 3 N–H and O–H groups in total. The van der Waals surface area contributed by atoms with Crippen LogP contribution < -0.4 is 5.32 Å². The van der Waals surface area contributed by atoms with Crippen molar-refractivity contribution in [3.05, 3.63) is 35.4 Å². The summed E-state index contributed by atoms with van der Waals surface area (Å²) in [5.74, 6) is -0.871. The van der Waals surface area contributed by atoms with E-state index in [-0.39, 0.29) is 29.9 Å². The third kappa shape index (κ3) is 6.40. The van der Waals surface area contributed by atoms with Gasteiger partial charge in [0.05, 0.1) is 11.7 Å². The first-order chi connectivity index (χ1) is 9.90. The van der Waals surface area contributed by atoms with Gasteiger partial charge in [-0.15, -0.1) is 0 Å². The molecule has 0 radical (unpaired) electrons. The van der Waals surface area contributed by atoms with Crippen molar-refractivity contribution in [3.8, 4) is 0 Å². The predicted molar refractivity (Wildman–Crippen MR) is 80.2 cm³/mol. The molecule has 0 aromatic heterocycles. The van der Waals surface area contributed by atoms with E-state index in [0.717, 1.165) is 0 Å². The van der Waals surface area contributed by atoms with Crippen molar-refractivity contribution in [3.63, 3.8) is 0 Å². The molecule has 0 saturated carbocycles. The number of aryl methyl sites for hydroxylation is 1. The number of rotatable bonds is 8. The maximum absolute atomic E-state index is 11.8. The number of amides is 1. The third-order valence-electron chi connectivity index (χ3n) is 3.26. The van der Waals surface area contributed by atoms with Crippen molar-refractivity contribution in [2.75, 3.05) is 6.54 Å². The average Bonchev–Trinajstić information content (AvgIpc) is 2.42. The lowest BCUT2D eigenvalue weighted by atomic mass is 10.0. The van der Waals surface area contributed by atoms with Gasteiger partial charge in [-0.2, -0.15) is 0 Å². The Balaban J connectivity index is 2.42. The molecule has 1 rings (SSSR count). The van der Waals surface area contributed by atoms with E-state index < -0.39 is 5.97 Å². The SMILES string of the molecule is CC(O)CC(C)CNC(=O)CCc1ccccc1C(=O)O. The first kappa shape index (κ1) is 17.2. The highest BCUT2D eigenvalue weighted by atomic mass is 16.4. The molecule has 0 saturated heterocycles. The van der Waals surface area contributed by atoms with Gasteiger partial charge in [0.25, 0.3) is 0 Å². The lowest BCUT2D eigenvalue weighted by molar-refractivity contribution is -0.121. The topological polar surface area (TPSA) is 86.6 Å². The third-order valence-corrected chi connectivity index (χ3v) is 3.26. The number of aromatic carboxylic acids is 1. The highest BCUT2D eigenvalue weighted by Gasteiger charge is 2.12. The molecule has 1 aromatic carbocycles. The van der Waals surface area contributed by atoms with Crippen LogP contribution in [0.1, 0.15) is 42.6 Å². The summed E-state index contributed by atoms with van der Waals surface area (Å²) in [5, 5.41) is 21.1. The van der Waals surface area contributed by atoms with Crippen molar-refractivity contribution in [1.29, 1.82) is 0 Å². The Hall–Kier alpha value is -1.88. The van der Waals surface area contributed by atoms with Crippen molar-refractivity contribution in [2.45, 2.75) is 39.2 Å². The van der Waals surface area contributed by atoms with Crippen LogP contribution in [0.5, 0.6) is 0 Å². The Bertz CT molecular complexity index is 485. The summed E-state index contributed by atoms with van der Waals surface area (Å²) in [7, 11) is 0. The second-order valence-electron chi connectivity index (χ2n) is 5.46. The van der Waals surface area contributed by atoms with Crippen molar-refractivity contribution >= 4 is 11.9 Å².